The summed E-state index contributed by atoms with van der Waals surface area (Å²) < 4.78 is 84.7. The van der Waals surface area contributed by atoms with Gasteiger partial charge in [-0.1, -0.05) is 17.7 Å². The van der Waals surface area contributed by atoms with E-state index < -0.39 is 23.5 Å². The molecular weight excluding hydrogens is 446 g/mol. The lowest BCUT2D eigenvalue weighted by Gasteiger charge is -2.12. The van der Waals surface area contributed by atoms with E-state index in [9.17, 15) is 26.3 Å². The fourth-order valence-electron chi connectivity index (χ4n) is 3.06. The van der Waals surface area contributed by atoms with Gasteiger partial charge in [0.05, 0.1) is 16.1 Å². The van der Waals surface area contributed by atoms with Crippen LogP contribution in [0.1, 0.15) is 11.1 Å². The highest BCUT2D eigenvalue weighted by molar-refractivity contribution is 6.33. The summed E-state index contributed by atoms with van der Waals surface area (Å²) in [4.78, 5) is 3.96. The Kier molecular flexibility index (Phi) is 4.88. The van der Waals surface area contributed by atoms with Crippen LogP contribution in [0.5, 0.6) is 0 Å². The number of nitrogen functional groups attached to an aromatic ring is 1. The van der Waals surface area contributed by atoms with Gasteiger partial charge in [-0.2, -0.15) is 26.3 Å². The number of aromatic nitrogens is 1. The van der Waals surface area contributed by atoms with Crippen LogP contribution in [0.3, 0.4) is 0 Å². The first-order chi connectivity index (χ1) is 14.4. The zero-order valence-corrected chi connectivity index (χ0v) is 16.0. The molecule has 4 rings (SSSR count). The quantitative estimate of drug-likeness (QED) is 0.252. The first-order valence-electron chi connectivity index (χ1n) is 8.68. The predicted molar refractivity (Wildman–Crippen MR) is 104 cm³/mol. The molecule has 0 saturated carbocycles. The summed E-state index contributed by atoms with van der Waals surface area (Å²) >= 11 is 6.15. The molecule has 3 aromatic carbocycles. The van der Waals surface area contributed by atoms with E-state index in [1.165, 1.54) is 24.3 Å². The molecule has 0 radical (unpaired) electrons. The molecule has 160 valence electrons. The molecule has 0 amide bonds. The fourth-order valence-corrected chi connectivity index (χ4v) is 3.36. The number of oxazole rings is 1. The highest BCUT2D eigenvalue weighted by Crippen LogP contribution is 2.39. The molecule has 3 nitrogen and oxygen atoms in total. The van der Waals surface area contributed by atoms with Gasteiger partial charge in [0.2, 0.25) is 5.89 Å². The molecule has 31 heavy (non-hydrogen) atoms. The number of alkyl halides is 6. The van der Waals surface area contributed by atoms with Crippen LogP contribution in [0.25, 0.3) is 33.7 Å². The third-order valence-corrected chi connectivity index (χ3v) is 4.84. The van der Waals surface area contributed by atoms with Crippen molar-refractivity contribution in [3.63, 3.8) is 0 Å². The SMILES string of the molecule is Nc1ccc(-c2cc(-c3nc4cc(C(F)(F)F)ccc4o3)cc(C(F)(F)F)c2)c(Cl)c1. The van der Waals surface area contributed by atoms with Gasteiger partial charge in [0.1, 0.15) is 5.52 Å². The molecule has 0 atom stereocenters. The van der Waals surface area contributed by atoms with Crippen molar-refractivity contribution in [3.8, 4) is 22.6 Å². The van der Waals surface area contributed by atoms with Crippen LogP contribution < -0.4 is 5.73 Å². The van der Waals surface area contributed by atoms with Gasteiger partial charge in [0, 0.05) is 16.8 Å². The van der Waals surface area contributed by atoms with Gasteiger partial charge < -0.3 is 10.2 Å². The normalized spacial score (nSPS) is 12.5. The minimum Gasteiger partial charge on any atom is -0.436 e. The second-order valence-electron chi connectivity index (χ2n) is 6.74. The summed E-state index contributed by atoms with van der Waals surface area (Å²) in [5, 5.41) is 0.137. The van der Waals surface area contributed by atoms with Crippen molar-refractivity contribution in [1.29, 1.82) is 0 Å². The molecule has 0 aliphatic rings. The summed E-state index contributed by atoms with van der Waals surface area (Å²) in [6.07, 6.45) is -9.29. The highest BCUT2D eigenvalue weighted by Gasteiger charge is 2.33. The number of nitrogens with zero attached hydrogens (tertiary/aromatic N) is 1. The second-order valence-corrected chi connectivity index (χ2v) is 7.14. The lowest BCUT2D eigenvalue weighted by Crippen LogP contribution is -2.05. The number of halogens is 7. The smallest absolute Gasteiger partial charge is 0.416 e. The number of nitrogens with two attached hydrogens (primary N) is 1. The Morgan fingerprint density at radius 1 is 0.774 bits per heavy atom. The number of anilines is 1. The van der Waals surface area contributed by atoms with E-state index in [-0.39, 0.29) is 33.1 Å². The van der Waals surface area contributed by atoms with Crippen LogP contribution in [-0.2, 0) is 12.4 Å². The van der Waals surface area contributed by atoms with E-state index in [0.29, 0.717) is 11.3 Å². The molecule has 1 aromatic heterocycles. The topological polar surface area (TPSA) is 52.0 Å². The van der Waals surface area contributed by atoms with E-state index in [2.05, 4.69) is 4.98 Å². The summed E-state index contributed by atoms with van der Waals surface area (Å²) in [5.41, 5.74) is 4.25. The van der Waals surface area contributed by atoms with E-state index in [4.69, 9.17) is 21.8 Å². The van der Waals surface area contributed by atoms with E-state index in [1.54, 1.807) is 0 Å². The van der Waals surface area contributed by atoms with Crippen LogP contribution in [0.2, 0.25) is 5.02 Å². The molecule has 0 aliphatic heterocycles. The van der Waals surface area contributed by atoms with E-state index >= 15 is 0 Å². The molecule has 10 heteroatoms. The van der Waals surface area contributed by atoms with Crippen molar-refractivity contribution >= 4 is 28.4 Å². The summed E-state index contributed by atoms with van der Waals surface area (Å²) in [6.45, 7) is 0. The number of benzene rings is 3. The minimum absolute atomic E-state index is 0.00692. The van der Waals surface area contributed by atoms with Crippen LogP contribution in [-0.4, -0.2) is 4.98 Å². The first-order valence-corrected chi connectivity index (χ1v) is 9.05. The number of hydrogen-bond acceptors (Lipinski definition) is 3. The largest absolute Gasteiger partial charge is 0.436 e. The molecule has 0 saturated heterocycles. The van der Waals surface area contributed by atoms with Crippen molar-refractivity contribution in [3.05, 3.63) is 70.7 Å². The fraction of sp³-hybridized carbons (Fsp3) is 0.0952. The molecule has 0 unspecified atom stereocenters. The Balaban J connectivity index is 1.89. The van der Waals surface area contributed by atoms with E-state index in [0.717, 1.165) is 30.3 Å². The van der Waals surface area contributed by atoms with Crippen molar-refractivity contribution in [2.24, 2.45) is 0 Å². The molecule has 0 bridgehead atoms. The van der Waals surface area contributed by atoms with Gasteiger partial charge >= 0.3 is 12.4 Å². The second kappa shape index (κ2) is 7.19. The van der Waals surface area contributed by atoms with Gasteiger partial charge in [-0.15, -0.1) is 0 Å². The van der Waals surface area contributed by atoms with Gasteiger partial charge in [-0.25, -0.2) is 4.98 Å². The Bertz CT molecular complexity index is 1290. The molecule has 0 spiro atoms. The Morgan fingerprint density at radius 3 is 2.10 bits per heavy atom. The number of fused-ring (bicyclic) bond motifs is 1. The van der Waals surface area contributed by atoms with Crippen molar-refractivity contribution < 1.29 is 30.8 Å². The maximum absolute atomic E-state index is 13.5. The average molecular weight is 457 g/mol. The lowest BCUT2D eigenvalue weighted by atomic mass is 9.99. The predicted octanol–water partition coefficient (Wildman–Crippen LogP) is 7.44. The number of rotatable bonds is 2. The molecule has 0 aliphatic carbocycles. The van der Waals surface area contributed by atoms with Crippen molar-refractivity contribution in [1.82, 2.24) is 4.98 Å². The lowest BCUT2D eigenvalue weighted by molar-refractivity contribution is -0.138. The van der Waals surface area contributed by atoms with Gasteiger partial charge in [-0.05, 0) is 54.1 Å². The van der Waals surface area contributed by atoms with E-state index in [1.807, 2.05) is 0 Å². The standard InChI is InChI=1S/C21H11ClF6N2O/c22-16-9-14(29)2-3-15(16)10-5-11(7-13(6-10)21(26,27)28)19-30-17-8-12(20(23,24)25)1-4-18(17)31-19/h1-9H,29H2. The summed E-state index contributed by atoms with van der Waals surface area (Å²) in [6, 6.07) is 10.1. The number of hydrogen-bond donors (Lipinski definition) is 1. The first kappa shape index (κ1) is 21.0. The van der Waals surface area contributed by atoms with Gasteiger partial charge in [-0.3, -0.25) is 0 Å². The van der Waals surface area contributed by atoms with Crippen molar-refractivity contribution in [2.45, 2.75) is 12.4 Å². The minimum atomic E-state index is -4.69. The Hall–Kier alpha value is -3.20. The maximum atomic E-state index is 13.5. The average Bonchev–Trinajstić information content (AvgIpc) is 3.09. The maximum Gasteiger partial charge on any atom is 0.416 e. The summed E-state index contributed by atoms with van der Waals surface area (Å²) in [5.74, 6) is -0.256. The zero-order valence-electron chi connectivity index (χ0n) is 15.3. The molecule has 4 aromatic rings. The molecule has 2 N–H and O–H groups in total. The molecular formula is C21H11ClF6N2O. The van der Waals surface area contributed by atoms with Crippen LogP contribution in [0, 0.1) is 0 Å². The van der Waals surface area contributed by atoms with Crippen LogP contribution >= 0.6 is 11.6 Å². The van der Waals surface area contributed by atoms with Gasteiger partial charge in [0.15, 0.2) is 5.58 Å². The summed E-state index contributed by atoms with van der Waals surface area (Å²) in [7, 11) is 0. The Labute approximate surface area is 176 Å². The zero-order chi connectivity index (χ0) is 22.6. The van der Waals surface area contributed by atoms with Crippen molar-refractivity contribution in [2.75, 3.05) is 5.73 Å². The van der Waals surface area contributed by atoms with Crippen LogP contribution in [0.15, 0.2) is 59.0 Å². The Morgan fingerprint density at radius 2 is 1.45 bits per heavy atom. The monoisotopic (exact) mass is 456 g/mol. The molecule has 0 fully saturated rings. The van der Waals surface area contributed by atoms with Crippen LogP contribution in [0.4, 0.5) is 32.0 Å². The van der Waals surface area contributed by atoms with Gasteiger partial charge in [0.25, 0.3) is 0 Å². The third kappa shape index (κ3) is 4.18. The third-order valence-electron chi connectivity index (χ3n) is 4.53. The molecule has 1 heterocycles. The highest BCUT2D eigenvalue weighted by atomic mass is 35.5.